The molecule has 0 bridgehead atoms. The first-order valence-corrected chi connectivity index (χ1v) is 11.9. The summed E-state index contributed by atoms with van der Waals surface area (Å²) in [7, 11) is 1.71. The maximum atomic E-state index is 12.5. The van der Waals surface area contributed by atoms with E-state index in [1.54, 1.807) is 30.4 Å². The second-order valence-electron chi connectivity index (χ2n) is 8.65. The van der Waals surface area contributed by atoms with E-state index >= 15 is 0 Å². The van der Waals surface area contributed by atoms with Crippen LogP contribution in [0.25, 0.3) is 22.0 Å². The van der Waals surface area contributed by atoms with Gasteiger partial charge in [0, 0.05) is 49.4 Å². The Balaban J connectivity index is 1.38. The zero-order chi connectivity index (χ0) is 23.9. The third-order valence-electron chi connectivity index (χ3n) is 5.91. The van der Waals surface area contributed by atoms with Crippen LogP contribution in [-0.2, 0) is 10.4 Å². The molecule has 10 heteroatoms. The number of thiazole rings is 1. The van der Waals surface area contributed by atoms with E-state index in [0.717, 1.165) is 22.0 Å². The highest BCUT2D eigenvalue weighted by Crippen LogP contribution is 2.36. The van der Waals surface area contributed by atoms with Crippen molar-refractivity contribution >= 4 is 28.9 Å². The van der Waals surface area contributed by atoms with E-state index < -0.39 is 5.60 Å². The molecular formula is C24H25N7O2S. The predicted molar refractivity (Wildman–Crippen MR) is 131 cm³/mol. The summed E-state index contributed by atoms with van der Waals surface area (Å²) >= 11 is 1.48. The Hall–Kier alpha value is -3.63. The Labute approximate surface area is 201 Å². The highest BCUT2D eigenvalue weighted by atomic mass is 32.1. The van der Waals surface area contributed by atoms with Gasteiger partial charge in [-0.25, -0.2) is 15.0 Å². The number of aromatic nitrogens is 5. The van der Waals surface area contributed by atoms with Crippen LogP contribution in [-0.4, -0.2) is 54.2 Å². The molecule has 9 nitrogen and oxygen atoms in total. The van der Waals surface area contributed by atoms with Gasteiger partial charge in [0.2, 0.25) is 5.95 Å². The summed E-state index contributed by atoms with van der Waals surface area (Å²) in [6.45, 7) is 4.66. The van der Waals surface area contributed by atoms with Crippen LogP contribution in [0.15, 0.2) is 54.3 Å². The predicted octanol–water partition coefficient (Wildman–Crippen LogP) is 3.84. The lowest BCUT2D eigenvalue weighted by molar-refractivity contribution is -0.143. The summed E-state index contributed by atoms with van der Waals surface area (Å²) in [5.74, 6) is 0.188. The van der Waals surface area contributed by atoms with Crippen molar-refractivity contribution in [3.05, 3.63) is 59.9 Å². The molecule has 0 spiro atoms. The number of carbonyl (C=O) groups excluding carboxylic acids is 1. The standard InChI is InChI=1S/C24H25N7O2S/c1-15(2)31-13-18(12-26-31)27-23-25-9-7-19(29-23)20-14-34-21(28-20)16-5-4-6-17(11-16)24(33)8-10-30(3)22(24)32/h4-7,9,11-15,33H,8,10H2,1-3H3,(H,25,27,29)/t24-/m1/s1. The molecule has 1 aromatic carbocycles. The van der Waals surface area contributed by atoms with E-state index in [-0.39, 0.29) is 11.9 Å². The Morgan fingerprint density at radius 1 is 1.21 bits per heavy atom. The fourth-order valence-electron chi connectivity index (χ4n) is 3.93. The van der Waals surface area contributed by atoms with Crippen molar-refractivity contribution in [2.75, 3.05) is 18.9 Å². The quantitative estimate of drug-likeness (QED) is 0.436. The van der Waals surface area contributed by atoms with E-state index in [1.807, 2.05) is 40.5 Å². The SMILES string of the molecule is CC(C)n1cc(Nc2nccc(-c3csc(-c4cccc([C@]5(O)CCN(C)C5=O)c4)n3)n2)cn1. The lowest BCUT2D eigenvalue weighted by Gasteiger charge is -2.21. The molecule has 5 rings (SSSR count). The number of hydrogen-bond acceptors (Lipinski definition) is 8. The van der Waals surface area contributed by atoms with Crippen molar-refractivity contribution in [3.63, 3.8) is 0 Å². The summed E-state index contributed by atoms with van der Waals surface area (Å²) in [6.07, 6.45) is 5.72. The molecule has 34 heavy (non-hydrogen) atoms. The molecule has 0 unspecified atom stereocenters. The van der Waals surface area contributed by atoms with Crippen molar-refractivity contribution < 1.29 is 9.90 Å². The van der Waals surface area contributed by atoms with Gasteiger partial charge in [0.15, 0.2) is 5.60 Å². The number of nitrogens with zero attached hydrogens (tertiary/aromatic N) is 6. The maximum Gasteiger partial charge on any atom is 0.258 e. The topological polar surface area (TPSA) is 109 Å². The third kappa shape index (κ3) is 4.06. The van der Waals surface area contributed by atoms with Crippen LogP contribution in [0.2, 0.25) is 0 Å². The van der Waals surface area contributed by atoms with Gasteiger partial charge in [-0.3, -0.25) is 9.48 Å². The van der Waals surface area contributed by atoms with Crippen LogP contribution in [0, 0.1) is 0 Å². The monoisotopic (exact) mass is 475 g/mol. The number of amides is 1. The molecule has 0 saturated carbocycles. The van der Waals surface area contributed by atoms with Crippen LogP contribution in [0.1, 0.15) is 31.9 Å². The summed E-state index contributed by atoms with van der Waals surface area (Å²) in [4.78, 5) is 27.7. The van der Waals surface area contributed by atoms with Crippen LogP contribution in [0.3, 0.4) is 0 Å². The largest absolute Gasteiger partial charge is 0.375 e. The van der Waals surface area contributed by atoms with Gasteiger partial charge in [-0.15, -0.1) is 11.3 Å². The minimum atomic E-state index is -1.48. The van der Waals surface area contributed by atoms with Gasteiger partial charge in [-0.05, 0) is 31.5 Å². The first-order valence-electron chi connectivity index (χ1n) is 11.0. The molecule has 1 fully saturated rings. The van der Waals surface area contributed by atoms with Gasteiger partial charge in [0.1, 0.15) is 10.7 Å². The molecule has 174 valence electrons. The van der Waals surface area contributed by atoms with Crippen LogP contribution in [0.4, 0.5) is 11.6 Å². The lowest BCUT2D eigenvalue weighted by atomic mass is 9.91. The minimum Gasteiger partial charge on any atom is -0.375 e. The Morgan fingerprint density at radius 3 is 2.79 bits per heavy atom. The maximum absolute atomic E-state index is 12.5. The molecular weight excluding hydrogens is 450 g/mol. The summed E-state index contributed by atoms with van der Waals surface area (Å²) in [5, 5.41) is 21.2. The number of rotatable bonds is 6. The number of anilines is 2. The zero-order valence-electron chi connectivity index (χ0n) is 19.1. The molecule has 2 N–H and O–H groups in total. The molecule has 1 saturated heterocycles. The average Bonchev–Trinajstić information content (AvgIpc) is 3.57. The summed E-state index contributed by atoms with van der Waals surface area (Å²) in [6, 6.07) is 9.49. The van der Waals surface area contributed by atoms with Gasteiger partial charge in [-0.1, -0.05) is 18.2 Å². The van der Waals surface area contributed by atoms with E-state index in [2.05, 4.69) is 34.2 Å². The smallest absolute Gasteiger partial charge is 0.258 e. The van der Waals surface area contributed by atoms with Crippen LogP contribution < -0.4 is 5.32 Å². The third-order valence-corrected chi connectivity index (χ3v) is 6.80. The molecule has 0 aliphatic carbocycles. The van der Waals surface area contributed by atoms with Crippen molar-refractivity contribution in [1.29, 1.82) is 0 Å². The van der Waals surface area contributed by atoms with Gasteiger partial charge in [0.25, 0.3) is 5.91 Å². The molecule has 1 aliphatic heterocycles. The van der Waals surface area contributed by atoms with Gasteiger partial charge in [-0.2, -0.15) is 5.10 Å². The van der Waals surface area contributed by atoms with Gasteiger partial charge < -0.3 is 15.3 Å². The zero-order valence-corrected chi connectivity index (χ0v) is 20.0. The second-order valence-corrected chi connectivity index (χ2v) is 9.51. The number of likely N-dealkylation sites (N-methyl/N-ethyl adjacent to an activating group) is 1. The second kappa shape index (κ2) is 8.62. The number of carbonyl (C=O) groups is 1. The van der Waals surface area contributed by atoms with E-state index in [0.29, 0.717) is 30.2 Å². The van der Waals surface area contributed by atoms with Crippen molar-refractivity contribution in [2.24, 2.45) is 0 Å². The van der Waals surface area contributed by atoms with E-state index in [1.165, 1.54) is 11.3 Å². The lowest BCUT2D eigenvalue weighted by Crippen LogP contribution is -2.36. The molecule has 1 amide bonds. The van der Waals surface area contributed by atoms with Crippen molar-refractivity contribution in [3.8, 4) is 22.0 Å². The van der Waals surface area contributed by atoms with E-state index in [9.17, 15) is 9.90 Å². The number of hydrogen-bond donors (Lipinski definition) is 2. The molecule has 3 aromatic heterocycles. The molecule has 0 radical (unpaired) electrons. The number of aliphatic hydroxyl groups is 1. The van der Waals surface area contributed by atoms with Crippen molar-refractivity contribution in [1.82, 2.24) is 29.6 Å². The highest BCUT2D eigenvalue weighted by Gasteiger charge is 2.45. The average molecular weight is 476 g/mol. The van der Waals surface area contributed by atoms with E-state index in [4.69, 9.17) is 4.98 Å². The summed E-state index contributed by atoms with van der Waals surface area (Å²) < 4.78 is 1.86. The van der Waals surface area contributed by atoms with Gasteiger partial charge >= 0.3 is 0 Å². The fourth-order valence-corrected chi connectivity index (χ4v) is 4.74. The van der Waals surface area contributed by atoms with Gasteiger partial charge in [0.05, 0.1) is 17.6 Å². The highest BCUT2D eigenvalue weighted by molar-refractivity contribution is 7.13. The number of likely N-dealkylation sites (tertiary alicyclic amines) is 1. The van der Waals surface area contributed by atoms with Crippen LogP contribution >= 0.6 is 11.3 Å². The first kappa shape index (κ1) is 22.2. The Bertz CT molecular complexity index is 1350. The summed E-state index contributed by atoms with van der Waals surface area (Å²) in [5.41, 5.74) is 2.18. The fraction of sp³-hybridized carbons (Fsp3) is 0.292. The van der Waals surface area contributed by atoms with Crippen molar-refractivity contribution in [2.45, 2.75) is 31.9 Å². The Morgan fingerprint density at radius 2 is 2.06 bits per heavy atom. The normalized spacial score (nSPS) is 18.1. The first-order chi connectivity index (χ1) is 16.3. The number of nitrogens with one attached hydrogen (secondary N) is 1. The minimum absolute atomic E-state index is 0.267. The molecule has 4 heterocycles. The molecule has 4 aromatic rings. The molecule has 1 aliphatic rings. The van der Waals surface area contributed by atoms with Crippen LogP contribution in [0.5, 0.6) is 0 Å². The Kier molecular flexibility index (Phi) is 5.62. The number of benzene rings is 1. The molecule has 1 atom stereocenters.